The SMILES string of the molecule is CCCCOC(=O)/C(C(N)=O)=C(/CCCC)C1CCNCC1. The Labute approximate surface area is 133 Å². The summed E-state index contributed by atoms with van der Waals surface area (Å²) >= 11 is 0. The summed E-state index contributed by atoms with van der Waals surface area (Å²) in [6.45, 7) is 6.30. The fraction of sp³-hybridized carbons (Fsp3) is 0.765. The van der Waals surface area contributed by atoms with Gasteiger partial charge in [0.15, 0.2) is 0 Å². The van der Waals surface area contributed by atoms with E-state index in [0.29, 0.717) is 6.61 Å². The lowest BCUT2D eigenvalue weighted by Gasteiger charge is -2.27. The van der Waals surface area contributed by atoms with Crippen molar-refractivity contribution in [3.63, 3.8) is 0 Å². The first-order valence-corrected chi connectivity index (χ1v) is 8.52. The second kappa shape index (κ2) is 10.4. The van der Waals surface area contributed by atoms with Gasteiger partial charge in [-0.15, -0.1) is 0 Å². The van der Waals surface area contributed by atoms with Gasteiger partial charge in [-0.05, 0) is 56.7 Å². The van der Waals surface area contributed by atoms with Crippen molar-refractivity contribution in [2.24, 2.45) is 11.7 Å². The van der Waals surface area contributed by atoms with Crippen LogP contribution in [0.3, 0.4) is 0 Å². The van der Waals surface area contributed by atoms with Gasteiger partial charge in [0.2, 0.25) is 0 Å². The molecule has 0 radical (unpaired) electrons. The van der Waals surface area contributed by atoms with E-state index in [2.05, 4.69) is 12.2 Å². The molecule has 0 aliphatic carbocycles. The van der Waals surface area contributed by atoms with Crippen molar-refractivity contribution in [1.82, 2.24) is 5.32 Å². The molecule has 0 aromatic rings. The predicted molar refractivity (Wildman–Crippen MR) is 87.2 cm³/mol. The minimum atomic E-state index is -0.647. The number of nitrogens with one attached hydrogen (secondary N) is 1. The van der Waals surface area contributed by atoms with Crippen LogP contribution >= 0.6 is 0 Å². The van der Waals surface area contributed by atoms with Gasteiger partial charge in [0.1, 0.15) is 5.57 Å². The molecule has 3 N–H and O–H groups in total. The number of ether oxygens (including phenoxy) is 1. The smallest absolute Gasteiger partial charge is 0.343 e. The molecule has 0 spiro atoms. The first-order valence-electron chi connectivity index (χ1n) is 8.52. The summed E-state index contributed by atoms with van der Waals surface area (Å²) < 4.78 is 5.24. The summed E-state index contributed by atoms with van der Waals surface area (Å²) in [5.41, 5.74) is 6.53. The van der Waals surface area contributed by atoms with E-state index in [1.807, 2.05) is 6.92 Å². The average Bonchev–Trinajstić information content (AvgIpc) is 2.51. The van der Waals surface area contributed by atoms with Gasteiger partial charge in [0.25, 0.3) is 5.91 Å². The molecule has 1 aliphatic heterocycles. The van der Waals surface area contributed by atoms with E-state index >= 15 is 0 Å². The molecule has 1 rings (SSSR count). The van der Waals surface area contributed by atoms with Gasteiger partial charge in [-0.3, -0.25) is 4.79 Å². The van der Waals surface area contributed by atoms with Crippen LogP contribution in [0.2, 0.25) is 0 Å². The Kier molecular flexibility index (Phi) is 8.82. The monoisotopic (exact) mass is 310 g/mol. The van der Waals surface area contributed by atoms with E-state index in [1.165, 1.54) is 0 Å². The highest BCUT2D eigenvalue weighted by atomic mass is 16.5. The first kappa shape index (κ1) is 18.7. The van der Waals surface area contributed by atoms with Crippen LogP contribution in [0.4, 0.5) is 0 Å². The van der Waals surface area contributed by atoms with Gasteiger partial charge >= 0.3 is 5.97 Å². The fourth-order valence-corrected chi connectivity index (χ4v) is 2.84. The van der Waals surface area contributed by atoms with E-state index in [0.717, 1.165) is 63.6 Å². The van der Waals surface area contributed by atoms with Gasteiger partial charge in [0, 0.05) is 0 Å². The minimum absolute atomic E-state index is 0.108. The number of esters is 1. The molecule has 1 fully saturated rings. The molecule has 0 bridgehead atoms. The third-order valence-electron chi connectivity index (χ3n) is 4.13. The molecule has 0 saturated carbocycles. The molecule has 5 nitrogen and oxygen atoms in total. The highest BCUT2D eigenvalue weighted by Gasteiger charge is 2.28. The zero-order valence-electron chi connectivity index (χ0n) is 14.0. The van der Waals surface area contributed by atoms with Crippen molar-refractivity contribution in [2.45, 2.75) is 58.8 Å². The number of primary amides is 1. The molecular formula is C17H30N2O3. The number of carbonyl (C=O) groups is 2. The van der Waals surface area contributed by atoms with Gasteiger partial charge < -0.3 is 15.8 Å². The summed E-state index contributed by atoms with van der Waals surface area (Å²) in [7, 11) is 0. The van der Waals surface area contributed by atoms with E-state index in [9.17, 15) is 9.59 Å². The molecule has 1 saturated heterocycles. The second-order valence-corrected chi connectivity index (χ2v) is 5.88. The normalized spacial score (nSPS) is 17.0. The Morgan fingerprint density at radius 2 is 1.77 bits per heavy atom. The number of hydrogen-bond acceptors (Lipinski definition) is 4. The molecule has 0 aromatic carbocycles. The molecule has 1 aliphatic rings. The molecule has 0 unspecified atom stereocenters. The van der Waals surface area contributed by atoms with Crippen molar-refractivity contribution >= 4 is 11.9 Å². The minimum Gasteiger partial charge on any atom is -0.462 e. The number of piperidine rings is 1. The number of hydrogen-bond donors (Lipinski definition) is 2. The van der Waals surface area contributed by atoms with Crippen molar-refractivity contribution in [3.8, 4) is 0 Å². The Morgan fingerprint density at radius 1 is 1.14 bits per heavy atom. The number of unbranched alkanes of at least 4 members (excludes halogenated alkanes) is 2. The lowest BCUT2D eigenvalue weighted by Crippen LogP contribution is -2.32. The topological polar surface area (TPSA) is 81.4 Å². The first-order chi connectivity index (χ1) is 10.6. The van der Waals surface area contributed by atoms with Crippen LogP contribution in [0.5, 0.6) is 0 Å². The molecular weight excluding hydrogens is 280 g/mol. The van der Waals surface area contributed by atoms with E-state index in [1.54, 1.807) is 0 Å². The lowest BCUT2D eigenvalue weighted by atomic mass is 9.83. The van der Waals surface area contributed by atoms with Crippen molar-refractivity contribution in [2.75, 3.05) is 19.7 Å². The largest absolute Gasteiger partial charge is 0.462 e. The van der Waals surface area contributed by atoms with Crippen LogP contribution < -0.4 is 11.1 Å². The molecule has 1 heterocycles. The summed E-state index contributed by atoms with van der Waals surface area (Å²) in [5, 5.41) is 3.31. The third-order valence-corrected chi connectivity index (χ3v) is 4.13. The van der Waals surface area contributed by atoms with Crippen LogP contribution in [-0.2, 0) is 14.3 Å². The number of amides is 1. The Bertz CT molecular complexity index is 399. The summed E-state index contributed by atoms with van der Waals surface area (Å²) in [6, 6.07) is 0. The maximum Gasteiger partial charge on any atom is 0.343 e. The lowest BCUT2D eigenvalue weighted by molar-refractivity contribution is -0.140. The fourth-order valence-electron chi connectivity index (χ4n) is 2.84. The second-order valence-electron chi connectivity index (χ2n) is 5.88. The molecule has 22 heavy (non-hydrogen) atoms. The highest BCUT2D eigenvalue weighted by Crippen LogP contribution is 2.29. The summed E-state index contributed by atoms with van der Waals surface area (Å²) in [6.07, 6.45) is 6.36. The van der Waals surface area contributed by atoms with E-state index < -0.39 is 11.9 Å². The number of allylic oxidation sites excluding steroid dienone is 1. The maximum atomic E-state index is 12.3. The number of carbonyl (C=O) groups excluding carboxylic acids is 2. The Morgan fingerprint density at radius 3 is 2.32 bits per heavy atom. The average molecular weight is 310 g/mol. The van der Waals surface area contributed by atoms with Crippen LogP contribution in [0.15, 0.2) is 11.1 Å². The van der Waals surface area contributed by atoms with Gasteiger partial charge in [-0.1, -0.05) is 26.7 Å². The Hall–Kier alpha value is -1.36. The highest BCUT2D eigenvalue weighted by molar-refractivity contribution is 6.16. The zero-order chi connectivity index (χ0) is 16.4. The van der Waals surface area contributed by atoms with E-state index in [-0.39, 0.29) is 11.5 Å². The van der Waals surface area contributed by atoms with Gasteiger partial charge in [0.05, 0.1) is 6.61 Å². The van der Waals surface area contributed by atoms with Crippen LogP contribution in [0, 0.1) is 5.92 Å². The van der Waals surface area contributed by atoms with Crippen molar-refractivity contribution in [1.29, 1.82) is 0 Å². The van der Waals surface area contributed by atoms with E-state index in [4.69, 9.17) is 10.5 Å². The van der Waals surface area contributed by atoms with Crippen LogP contribution in [0.1, 0.15) is 58.8 Å². The number of nitrogens with two attached hydrogens (primary N) is 1. The van der Waals surface area contributed by atoms with Gasteiger partial charge in [-0.2, -0.15) is 0 Å². The molecule has 126 valence electrons. The molecule has 1 amide bonds. The quantitative estimate of drug-likeness (QED) is 0.225. The zero-order valence-corrected chi connectivity index (χ0v) is 14.0. The van der Waals surface area contributed by atoms with Gasteiger partial charge in [-0.25, -0.2) is 4.79 Å². The number of rotatable bonds is 9. The van der Waals surface area contributed by atoms with Crippen molar-refractivity contribution < 1.29 is 14.3 Å². The predicted octanol–water partition coefficient (Wildman–Crippen LogP) is 2.30. The van der Waals surface area contributed by atoms with Crippen molar-refractivity contribution in [3.05, 3.63) is 11.1 Å². The maximum absolute atomic E-state index is 12.3. The van der Waals surface area contributed by atoms with Crippen LogP contribution in [0.25, 0.3) is 0 Å². The standard InChI is InChI=1S/C17H30N2O3/c1-3-5-7-14(13-8-10-19-11-9-13)15(16(18)20)17(21)22-12-6-4-2/h13,19H,3-12H2,1-2H3,(H2,18,20)/b15-14-. The molecule has 5 heteroatoms. The molecule has 0 atom stereocenters. The third kappa shape index (κ3) is 5.79. The summed E-state index contributed by atoms with van der Waals surface area (Å²) in [4.78, 5) is 24.2. The van der Waals surface area contributed by atoms with Crippen LogP contribution in [-0.4, -0.2) is 31.6 Å². The Balaban J connectivity index is 2.98. The molecule has 0 aromatic heterocycles. The summed E-state index contributed by atoms with van der Waals surface area (Å²) in [5.74, 6) is -0.925.